The predicted molar refractivity (Wildman–Crippen MR) is 118 cm³/mol. The van der Waals surface area contributed by atoms with Crippen molar-refractivity contribution in [1.29, 1.82) is 0 Å². The van der Waals surface area contributed by atoms with Gasteiger partial charge in [-0.25, -0.2) is 0 Å². The van der Waals surface area contributed by atoms with E-state index in [9.17, 15) is 8.78 Å². The summed E-state index contributed by atoms with van der Waals surface area (Å²) >= 11 is 6.05. The number of hydrogen-bond donors (Lipinski definition) is 1. The normalized spacial score (nSPS) is 15.3. The molecule has 0 spiro atoms. The molecular formula is C21H23F2N3S2. The van der Waals surface area contributed by atoms with Crippen molar-refractivity contribution >= 4 is 40.9 Å². The molecule has 0 aliphatic carbocycles. The molecular weight excluding hydrogens is 396 g/mol. The van der Waals surface area contributed by atoms with Crippen LogP contribution in [0.3, 0.4) is 0 Å². The summed E-state index contributed by atoms with van der Waals surface area (Å²) in [5.41, 5.74) is 2.03. The minimum Gasteiger partial charge on any atom is -0.346 e. The third-order valence-electron chi connectivity index (χ3n) is 4.46. The molecule has 28 heavy (non-hydrogen) atoms. The van der Waals surface area contributed by atoms with Crippen molar-refractivity contribution in [3.05, 3.63) is 66.2 Å². The Labute approximate surface area is 174 Å². The van der Waals surface area contributed by atoms with Crippen LogP contribution in [-0.4, -0.2) is 53.4 Å². The van der Waals surface area contributed by atoms with Crippen LogP contribution in [0.4, 0.5) is 14.5 Å². The molecule has 3 rings (SSSR count). The third kappa shape index (κ3) is 6.58. The van der Waals surface area contributed by atoms with Gasteiger partial charge in [-0.05, 0) is 42.0 Å². The highest BCUT2D eigenvalue weighted by atomic mass is 32.2. The molecule has 0 unspecified atom stereocenters. The van der Waals surface area contributed by atoms with Gasteiger partial charge in [0.1, 0.15) is 0 Å². The Morgan fingerprint density at radius 1 is 1.04 bits per heavy atom. The van der Waals surface area contributed by atoms with Gasteiger partial charge in [0, 0.05) is 43.3 Å². The Morgan fingerprint density at radius 3 is 2.36 bits per heavy atom. The maximum atomic E-state index is 12.4. The maximum absolute atomic E-state index is 12.4. The summed E-state index contributed by atoms with van der Waals surface area (Å²) in [4.78, 5) is 5.09. The maximum Gasteiger partial charge on any atom is 0.288 e. The molecule has 2 aromatic carbocycles. The average Bonchev–Trinajstić information content (AvgIpc) is 2.70. The summed E-state index contributed by atoms with van der Waals surface area (Å²) in [5, 5.41) is 3.87. The molecule has 0 saturated carbocycles. The molecule has 1 fully saturated rings. The zero-order chi connectivity index (χ0) is 19.8. The second-order valence-electron chi connectivity index (χ2n) is 6.43. The minimum absolute atomic E-state index is 0.544. The Balaban J connectivity index is 1.41. The molecule has 3 nitrogen and oxygen atoms in total. The van der Waals surface area contributed by atoms with E-state index in [4.69, 9.17) is 12.2 Å². The quantitative estimate of drug-likeness (QED) is 0.521. The average molecular weight is 420 g/mol. The Bertz CT molecular complexity index is 774. The topological polar surface area (TPSA) is 18.5 Å². The fourth-order valence-corrected chi connectivity index (χ4v) is 3.76. The first-order valence-corrected chi connectivity index (χ1v) is 10.4. The van der Waals surface area contributed by atoms with Crippen LogP contribution in [0.5, 0.6) is 0 Å². The lowest BCUT2D eigenvalue weighted by Crippen LogP contribution is -2.49. The van der Waals surface area contributed by atoms with Gasteiger partial charge in [0.25, 0.3) is 5.76 Å². The lowest BCUT2D eigenvalue weighted by atomic mass is 10.2. The minimum atomic E-state index is -2.40. The first-order valence-electron chi connectivity index (χ1n) is 9.15. The molecule has 1 aliphatic rings. The highest BCUT2D eigenvalue weighted by Crippen LogP contribution is 2.26. The molecule has 0 radical (unpaired) electrons. The predicted octanol–water partition coefficient (Wildman–Crippen LogP) is 5.03. The molecule has 1 aliphatic heterocycles. The lowest BCUT2D eigenvalue weighted by molar-refractivity contribution is 0.200. The van der Waals surface area contributed by atoms with Crippen molar-refractivity contribution in [3.8, 4) is 0 Å². The number of benzene rings is 2. The van der Waals surface area contributed by atoms with E-state index in [1.54, 1.807) is 24.3 Å². The van der Waals surface area contributed by atoms with Crippen molar-refractivity contribution in [2.75, 3.05) is 38.0 Å². The van der Waals surface area contributed by atoms with E-state index in [0.717, 1.165) is 38.4 Å². The summed E-state index contributed by atoms with van der Waals surface area (Å²) < 4.78 is 24.8. The highest BCUT2D eigenvalue weighted by molar-refractivity contribution is 7.99. The van der Waals surface area contributed by atoms with Crippen molar-refractivity contribution in [1.82, 2.24) is 9.80 Å². The number of alkyl halides is 2. The zero-order valence-corrected chi connectivity index (χ0v) is 17.1. The van der Waals surface area contributed by atoms with E-state index < -0.39 is 5.76 Å². The van der Waals surface area contributed by atoms with E-state index in [1.807, 2.05) is 18.2 Å². The largest absolute Gasteiger partial charge is 0.346 e. The fraction of sp³-hybridized carbons (Fsp3) is 0.286. The van der Waals surface area contributed by atoms with Crippen LogP contribution in [0.1, 0.15) is 5.56 Å². The number of halogens is 2. The first-order chi connectivity index (χ1) is 13.6. The molecule has 1 saturated heterocycles. The number of anilines is 1. The van der Waals surface area contributed by atoms with Crippen LogP contribution in [0.15, 0.2) is 65.6 Å². The first kappa shape index (κ1) is 20.8. The van der Waals surface area contributed by atoms with E-state index in [0.29, 0.717) is 21.8 Å². The lowest BCUT2D eigenvalue weighted by Gasteiger charge is -2.35. The van der Waals surface area contributed by atoms with Gasteiger partial charge in [0.05, 0.1) is 0 Å². The molecule has 0 bridgehead atoms. The summed E-state index contributed by atoms with van der Waals surface area (Å²) in [5.74, 6) is -2.40. The molecule has 0 amide bonds. The highest BCUT2D eigenvalue weighted by Gasteiger charge is 2.18. The fourth-order valence-electron chi connectivity index (χ4n) is 2.96. The van der Waals surface area contributed by atoms with Crippen molar-refractivity contribution < 1.29 is 8.78 Å². The van der Waals surface area contributed by atoms with Crippen LogP contribution < -0.4 is 5.32 Å². The van der Waals surface area contributed by atoms with Gasteiger partial charge >= 0.3 is 0 Å². The molecule has 1 heterocycles. The Hall–Kier alpha value is -1.96. The third-order valence-corrected chi connectivity index (χ3v) is 5.55. The molecule has 0 aromatic heterocycles. The van der Waals surface area contributed by atoms with Gasteiger partial charge in [0.15, 0.2) is 5.11 Å². The van der Waals surface area contributed by atoms with Crippen LogP contribution in [0, 0.1) is 0 Å². The van der Waals surface area contributed by atoms with Crippen molar-refractivity contribution in [3.63, 3.8) is 0 Å². The second kappa shape index (κ2) is 10.5. The molecule has 2 aromatic rings. The van der Waals surface area contributed by atoms with Crippen LogP contribution >= 0.6 is 24.0 Å². The number of rotatable bonds is 6. The van der Waals surface area contributed by atoms with Gasteiger partial charge in [-0.2, -0.15) is 8.78 Å². The van der Waals surface area contributed by atoms with E-state index in [-0.39, 0.29) is 0 Å². The Morgan fingerprint density at radius 2 is 1.71 bits per heavy atom. The second-order valence-corrected chi connectivity index (χ2v) is 7.88. The SMILES string of the molecule is FC(F)Sc1ccc(NC(=S)N2CCN(C/C=C/c3ccccc3)CC2)cc1. The number of piperazine rings is 1. The number of nitrogens with one attached hydrogen (secondary N) is 1. The van der Waals surface area contributed by atoms with Crippen LogP contribution in [-0.2, 0) is 0 Å². The van der Waals surface area contributed by atoms with Crippen LogP contribution in [0.25, 0.3) is 6.08 Å². The standard InChI is InChI=1S/C21H23F2N3S2/c22-20(23)28-19-10-8-18(9-11-19)24-21(27)26-15-13-25(14-16-26)12-4-7-17-5-2-1-3-6-17/h1-11,20H,12-16H2,(H,24,27)/b7-4+. The molecule has 148 valence electrons. The van der Waals surface area contributed by atoms with Crippen molar-refractivity contribution in [2.45, 2.75) is 10.7 Å². The van der Waals surface area contributed by atoms with Gasteiger partial charge in [-0.3, -0.25) is 4.90 Å². The van der Waals surface area contributed by atoms with Crippen molar-refractivity contribution in [2.24, 2.45) is 0 Å². The number of thiocarbonyl (C=S) groups is 1. The van der Waals surface area contributed by atoms with E-state index in [2.05, 4.69) is 39.4 Å². The summed E-state index contributed by atoms with van der Waals surface area (Å²) in [6.07, 6.45) is 4.34. The molecule has 1 N–H and O–H groups in total. The number of nitrogens with zero attached hydrogens (tertiary/aromatic N) is 2. The van der Waals surface area contributed by atoms with Gasteiger partial charge in [0.2, 0.25) is 0 Å². The molecule has 7 heteroatoms. The number of thioether (sulfide) groups is 1. The van der Waals surface area contributed by atoms with Crippen LogP contribution in [0.2, 0.25) is 0 Å². The van der Waals surface area contributed by atoms with E-state index in [1.165, 1.54) is 5.56 Å². The zero-order valence-electron chi connectivity index (χ0n) is 15.4. The van der Waals surface area contributed by atoms with Gasteiger partial charge in [-0.15, -0.1) is 0 Å². The van der Waals surface area contributed by atoms with Gasteiger partial charge in [-0.1, -0.05) is 54.2 Å². The smallest absolute Gasteiger partial charge is 0.288 e. The summed E-state index contributed by atoms with van der Waals surface area (Å²) in [7, 11) is 0. The number of hydrogen-bond acceptors (Lipinski definition) is 3. The Kier molecular flexibility index (Phi) is 7.82. The van der Waals surface area contributed by atoms with Gasteiger partial charge < -0.3 is 10.2 Å². The van der Waals surface area contributed by atoms with E-state index >= 15 is 0 Å². The molecule has 0 atom stereocenters. The summed E-state index contributed by atoms with van der Waals surface area (Å²) in [6, 6.07) is 17.2. The monoisotopic (exact) mass is 419 g/mol. The summed E-state index contributed by atoms with van der Waals surface area (Å²) in [6.45, 7) is 4.55.